The summed E-state index contributed by atoms with van der Waals surface area (Å²) in [6.45, 7) is 10.6. The van der Waals surface area contributed by atoms with Gasteiger partial charge in [0.15, 0.2) is 0 Å². The van der Waals surface area contributed by atoms with E-state index in [-0.39, 0.29) is 11.4 Å². The van der Waals surface area contributed by atoms with E-state index < -0.39 is 22.6 Å². The summed E-state index contributed by atoms with van der Waals surface area (Å²) in [7, 11) is 0. The molecule has 6 nitrogen and oxygen atoms in total. The van der Waals surface area contributed by atoms with Gasteiger partial charge in [-0.2, -0.15) is 0 Å². The second-order valence-corrected chi connectivity index (χ2v) is 7.18. The van der Waals surface area contributed by atoms with Gasteiger partial charge in [0.2, 0.25) is 0 Å². The van der Waals surface area contributed by atoms with Gasteiger partial charge in [-0.3, -0.25) is 0 Å². The van der Waals surface area contributed by atoms with Crippen LogP contribution in [0.25, 0.3) is 0 Å². The highest BCUT2D eigenvalue weighted by molar-refractivity contribution is 7.98. The van der Waals surface area contributed by atoms with Gasteiger partial charge in [0.1, 0.15) is 0 Å². The zero-order valence-corrected chi connectivity index (χ0v) is 13.9. The van der Waals surface area contributed by atoms with Gasteiger partial charge < -0.3 is 0 Å². The van der Waals surface area contributed by atoms with E-state index in [4.69, 9.17) is 0 Å². The molecule has 1 unspecified atom stereocenters. The maximum absolute atomic E-state index is 12.5. The van der Waals surface area contributed by atoms with Gasteiger partial charge in [-0.15, -0.1) is 11.8 Å². The summed E-state index contributed by atoms with van der Waals surface area (Å²) < 4.78 is 3.44. The minimum Gasteiger partial charge on any atom is -0.247 e. The van der Waals surface area contributed by atoms with Crippen molar-refractivity contribution in [2.45, 2.75) is 58.5 Å². The van der Waals surface area contributed by atoms with Gasteiger partial charge in [0, 0.05) is 11.6 Å². The SMILES string of the molecule is CSC(C)n1c(=O)n(C(C)C)c(=O)n(C(C)(C)C)c1=O. The highest BCUT2D eigenvalue weighted by Crippen LogP contribution is 2.15. The zero-order valence-electron chi connectivity index (χ0n) is 13.1. The van der Waals surface area contributed by atoms with Gasteiger partial charge in [-0.1, -0.05) is 0 Å². The van der Waals surface area contributed by atoms with Crippen LogP contribution in [-0.4, -0.2) is 20.0 Å². The second kappa shape index (κ2) is 5.63. The van der Waals surface area contributed by atoms with Crippen molar-refractivity contribution in [3.63, 3.8) is 0 Å². The molecular weight excluding hydrogens is 278 g/mol. The average Bonchev–Trinajstić information content (AvgIpc) is 2.25. The third-order valence-electron chi connectivity index (χ3n) is 3.10. The van der Waals surface area contributed by atoms with Crippen molar-refractivity contribution in [3.8, 4) is 0 Å². The Morgan fingerprint density at radius 2 is 1.35 bits per heavy atom. The van der Waals surface area contributed by atoms with Crippen molar-refractivity contribution >= 4 is 11.8 Å². The summed E-state index contributed by atoms with van der Waals surface area (Å²) in [5, 5.41) is -0.325. The monoisotopic (exact) mass is 301 g/mol. The molecule has 0 aliphatic rings. The fourth-order valence-corrected chi connectivity index (χ4v) is 2.40. The van der Waals surface area contributed by atoms with Crippen LogP contribution in [-0.2, 0) is 5.54 Å². The van der Waals surface area contributed by atoms with Crippen LogP contribution in [0.1, 0.15) is 53.0 Å². The molecule has 1 aromatic heterocycles. The Morgan fingerprint density at radius 1 is 0.900 bits per heavy atom. The van der Waals surface area contributed by atoms with Crippen LogP contribution in [0.5, 0.6) is 0 Å². The molecule has 0 aliphatic carbocycles. The van der Waals surface area contributed by atoms with Gasteiger partial charge in [0.25, 0.3) is 0 Å². The Balaban J connectivity index is 4.01. The molecular formula is C13H23N3O3S. The smallest absolute Gasteiger partial charge is 0.247 e. The summed E-state index contributed by atoms with van der Waals surface area (Å²) in [5.41, 5.74) is -2.33. The number of hydrogen-bond acceptors (Lipinski definition) is 4. The molecule has 0 saturated heterocycles. The maximum Gasteiger partial charge on any atom is 0.337 e. The van der Waals surface area contributed by atoms with E-state index in [9.17, 15) is 14.4 Å². The highest BCUT2D eigenvalue weighted by Gasteiger charge is 2.26. The largest absolute Gasteiger partial charge is 0.337 e. The van der Waals surface area contributed by atoms with E-state index in [1.54, 1.807) is 41.5 Å². The number of thioether (sulfide) groups is 1. The number of nitrogens with zero attached hydrogens (tertiary/aromatic N) is 3. The fraction of sp³-hybridized carbons (Fsp3) is 0.769. The predicted octanol–water partition coefficient (Wildman–Crippen LogP) is 1.39. The molecule has 0 fully saturated rings. The molecule has 0 aromatic carbocycles. The Bertz CT molecular complexity index is 661. The topological polar surface area (TPSA) is 66.0 Å². The molecule has 0 radical (unpaired) electrons. The lowest BCUT2D eigenvalue weighted by Crippen LogP contribution is -2.59. The van der Waals surface area contributed by atoms with Crippen LogP contribution in [0.4, 0.5) is 0 Å². The Labute approximate surface area is 122 Å². The molecule has 0 amide bonds. The van der Waals surface area contributed by atoms with E-state index >= 15 is 0 Å². The molecule has 20 heavy (non-hydrogen) atoms. The summed E-state index contributed by atoms with van der Waals surface area (Å²) in [5.74, 6) is 0. The van der Waals surface area contributed by atoms with Crippen molar-refractivity contribution in [1.82, 2.24) is 13.7 Å². The van der Waals surface area contributed by atoms with Crippen molar-refractivity contribution < 1.29 is 0 Å². The molecule has 0 spiro atoms. The quantitative estimate of drug-likeness (QED) is 0.846. The van der Waals surface area contributed by atoms with E-state index in [0.29, 0.717) is 0 Å². The highest BCUT2D eigenvalue weighted by atomic mass is 32.2. The molecule has 1 heterocycles. The molecule has 0 bridgehead atoms. The fourth-order valence-electron chi connectivity index (χ4n) is 2.01. The van der Waals surface area contributed by atoms with Crippen molar-refractivity contribution in [3.05, 3.63) is 31.5 Å². The Hall–Kier alpha value is -1.24. The molecule has 1 aromatic rings. The first-order valence-electron chi connectivity index (χ1n) is 6.57. The lowest BCUT2D eigenvalue weighted by atomic mass is 10.1. The molecule has 0 N–H and O–H groups in total. The van der Waals surface area contributed by atoms with E-state index in [1.165, 1.54) is 11.8 Å². The summed E-state index contributed by atoms with van der Waals surface area (Å²) in [6, 6.07) is -0.301. The minimum absolute atomic E-state index is 0.301. The minimum atomic E-state index is -0.682. The molecule has 0 aliphatic heterocycles. The molecule has 1 atom stereocenters. The second-order valence-electron chi connectivity index (χ2n) is 6.02. The maximum atomic E-state index is 12.5. The standard InChI is InChI=1S/C13H23N3O3S/c1-8(2)14-10(17)15(9(3)20-7)12(19)16(11(14)18)13(4,5)6/h8-9H,1-7H3. The summed E-state index contributed by atoms with van der Waals surface area (Å²) in [4.78, 5) is 37.4. The van der Waals surface area contributed by atoms with E-state index in [0.717, 1.165) is 13.7 Å². The lowest BCUT2D eigenvalue weighted by Gasteiger charge is -2.25. The first kappa shape index (κ1) is 16.8. The van der Waals surface area contributed by atoms with Crippen LogP contribution in [0.2, 0.25) is 0 Å². The van der Waals surface area contributed by atoms with Crippen LogP contribution < -0.4 is 17.1 Å². The zero-order chi connectivity index (χ0) is 15.8. The third-order valence-corrected chi connectivity index (χ3v) is 3.99. The van der Waals surface area contributed by atoms with Gasteiger partial charge in [-0.05, 0) is 47.8 Å². The number of hydrogen-bond donors (Lipinski definition) is 0. The molecule has 114 valence electrons. The van der Waals surface area contributed by atoms with Crippen LogP contribution in [0.15, 0.2) is 14.4 Å². The normalized spacial score (nSPS) is 13.8. The van der Waals surface area contributed by atoms with Gasteiger partial charge in [0.05, 0.1) is 5.37 Å². The first-order valence-corrected chi connectivity index (χ1v) is 7.86. The van der Waals surface area contributed by atoms with Crippen LogP contribution in [0, 0.1) is 0 Å². The summed E-state index contributed by atoms with van der Waals surface area (Å²) in [6.07, 6.45) is 1.82. The molecule has 1 rings (SSSR count). The van der Waals surface area contributed by atoms with Crippen LogP contribution in [0.3, 0.4) is 0 Å². The van der Waals surface area contributed by atoms with Crippen molar-refractivity contribution in [2.24, 2.45) is 0 Å². The first-order chi connectivity index (χ1) is 9.03. The Kier molecular flexibility index (Phi) is 4.74. The van der Waals surface area contributed by atoms with Gasteiger partial charge >= 0.3 is 17.1 Å². The lowest BCUT2D eigenvalue weighted by molar-refractivity contribution is 0.312. The Morgan fingerprint density at radius 3 is 1.70 bits per heavy atom. The average molecular weight is 301 g/mol. The molecule has 7 heteroatoms. The number of rotatable bonds is 3. The summed E-state index contributed by atoms with van der Waals surface area (Å²) >= 11 is 1.39. The van der Waals surface area contributed by atoms with Gasteiger partial charge in [-0.25, -0.2) is 28.1 Å². The molecule has 0 saturated carbocycles. The van der Waals surface area contributed by atoms with Crippen LogP contribution >= 0.6 is 11.8 Å². The predicted molar refractivity (Wildman–Crippen MR) is 82.8 cm³/mol. The van der Waals surface area contributed by atoms with E-state index in [2.05, 4.69) is 0 Å². The van der Waals surface area contributed by atoms with Crippen molar-refractivity contribution in [1.29, 1.82) is 0 Å². The third kappa shape index (κ3) is 2.77. The van der Waals surface area contributed by atoms with E-state index in [1.807, 2.05) is 6.26 Å². The van der Waals surface area contributed by atoms with Crippen molar-refractivity contribution in [2.75, 3.05) is 6.26 Å². The number of aromatic nitrogens is 3.